The van der Waals surface area contributed by atoms with Gasteiger partial charge in [-0.3, -0.25) is 4.72 Å². The molecule has 3 N–H and O–H groups in total. The summed E-state index contributed by atoms with van der Waals surface area (Å²) in [5.41, 5.74) is 7.29. The van der Waals surface area contributed by atoms with Crippen LogP contribution in [-0.2, 0) is 10.0 Å². The average Bonchev–Trinajstić information content (AvgIpc) is 2.37. The number of aryl methyl sites for hydroxylation is 1. The van der Waals surface area contributed by atoms with Crippen molar-refractivity contribution < 1.29 is 8.42 Å². The van der Waals surface area contributed by atoms with Gasteiger partial charge in [0.15, 0.2) is 0 Å². The minimum Gasteiger partial charge on any atom is -0.397 e. The summed E-state index contributed by atoms with van der Waals surface area (Å²) in [7, 11) is -3.92. The summed E-state index contributed by atoms with van der Waals surface area (Å²) in [4.78, 5) is -0.168. The highest BCUT2D eigenvalue weighted by molar-refractivity contribution is 7.92. The van der Waals surface area contributed by atoms with E-state index in [0.717, 1.165) is 5.56 Å². The van der Waals surface area contributed by atoms with Gasteiger partial charge in [-0.2, -0.15) is 0 Å². The molecule has 0 heterocycles. The van der Waals surface area contributed by atoms with Crippen LogP contribution in [0.3, 0.4) is 0 Å². The fraction of sp³-hybridized carbons (Fsp3) is 0.0769. The number of hydrogen-bond acceptors (Lipinski definition) is 3. The first-order valence-corrected chi connectivity index (χ1v) is 8.36. The molecule has 21 heavy (non-hydrogen) atoms. The Labute approximate surface area is 137 Å². The Morgan fingerprint density at radius 1 is 1.00 bits per heavy atom. The number of rotatable bonds is 3. The summed E-state index contributed by atoms with van der Waals surface area (Å²) >= 11 is 17.6. The first kappa shape index (κ1) is 16.2. The maximum absolute atomic E-state index is 12.4. The van der Waals surface area contributed by atoms with Crippen LogP contribution in [0.1, 0.15) is 5.56 Å². The lowest BCUT2D eigenvalue weighted by atomic mass is 10.2. The molecule has 0 amide bonds. The van der Waals surface area contributed by atoms with E-state index in [2.05, 4.69) is 4.72 Å². The van der Waals surface area contributed by atoms with E-state index in [1.165, 1.54) is 12.1 Å². The second kappa shape index (κ2) is 5.93. The Hall–Kier alpha value is -1.14. The minimum absolute atomic E-state index is 0.0254. The van der Waals surface area contributed by atoms with Gasteiger partial charge in [-0.05, 0) is 36.8 Å². The molecule has 0 aliphatic carbocycles. The first-order chi connectivity index (χ1) is 9.70. The van der Waals surface area contributed by atoms with Gasteiger partial charge < -0.3 is 5.73 Å². The fourth-order valence-electron chi connectivity index (χ4n) is 1.69. The molecule has 0 aromatic heterocycles. The number of benzene rings is 2. The molecule has 0 radical (unpaired) electrons. The molecule has 0 spiro atoms. The van der Waals surface area contributed by atoms with E-state index in [9.17, 15) is 8.42 Å². The third kappa shape index (κ3) is 3.55. The number of nitrogen functional groups attached to an aromatic ring is 1. The van der Waals surface area contributed by atoms with Gasteiger partial charge in [0, 0.05) is 0 Å². The monoisotopic (exact) mass is 364 g/mol. The van der Waals surface area contributed by atoms with Gasteiger partial charge >= 0.3 is 0 Å². The molecular weight excluding hydrogens is 355 g/mol. The second-order valence-electron chi connectivity index (χ2n) is 4.39. The highest BCUT2D eigenvalue weighted by atomic mass is 35.5. The summed E-state index contributed by atoms with van der Waals surface area (Å²) in [5.74, 6) is 0. The van der Waals surface area contributed by atoms with Crippen LogP contribution in [-0.4, -0.2) is 8.42 Å². The smallest absolute Gasteiger partial charge is 0.263 e. The zero-order chi connectivity index (χ0) is 15.8. The summed E-state index contributed by atoms with van der Waals surface area (Å²) in [6, 6.07) is 7.45. The zero-order valence-corrected chi connectivity index (χ0v) is 13.9. The van der Waals surface area contributed by atoms with E-state index in [1.807, 2.05) is 6.92 Å². The molecule has 2 aromatic rings. The van der Waals surface area contributed by atoms with Crippen LogP contribution in [0.5, 0.6) is 0 Å². The molecule has 0 bridgehead atoms. The molecule has 0 aliphatic heterocycles. The van der Waals surface area contributed by atoms with Gasteiger partial charge in [-0.15, -0.1) is 0 Å². The van der Waals surface area contributed by atoms with Crippen LogP contribution >= 0.6 is 34.8 Å². The summed E-state index contributed by atoms with van der Waals surface area (Å²) in [6.07, 6.45) is 0. The van der Waals surface area contributed by atoms with E-state index in [0.29, 0.717) is 5.69 Å². The molecule has 0 saturated heterocycles. The minimum atomic E-state index is -3.92. The van der Waals surface area contributed by atoms with Gasteiger partial charge in [0.1, 0.15) is 4.90 Å². The normalized spacial score (nSPS) is 11.4. The number of nitrogens with one attached hydrogen (secondary N) is 1. The molecule has 2 aromatic carbocycles. The number of halogens is 3. The van der Waals surface area contributed by atoms with Crippen molar-refractivity contribution >= 4 is 56.2 Å². The summed E-state index contributed by atoms with van der Waals surface area (Å²) in [6.45, 7) is 1.85. The van der Waals surface area contributed by atoms with E-state index in [4.69, 9.17) is 40.5 Å². The first-order valence-electron chi connectivity index (χ1n) is 5.74. The highest BCUT2D eigenvalue weighted by Crippen LogP contribution is 2.33. The van der Waals surface area contributed by atoms with Crippen molar-refractivity contribution in [2.45, 2.75) is 11.8 Å². The Bertz CT molecular complexity index is 807. The summed E-state index contributed by atoms with van der Waals surface area (Å²) in [5, 5.41) is 0.247. The van der Waals surface area contributed by atoms with E-state index >= 15 is 0 Å². The van der Waals surface area contributed by atoms with Crippen LogP contribution in [0.4, 0.5) is 11.4 Å². The Kier molecular flexibility index (Phi) is 4.58. The van der Waals surface area contributed by atoms with E-state index < -0.39 is 10.0 Å². The van der Waals surface area contributed by atoms with Gasteiger partial charge in [0.2, 0.25) is 0 Å². The molecule has 2 rings (SSSR count). The van der Waals surface area contributed by atoms with Gasteiger partial charge in [-0.25, -0.2) is 8.42 Å². The topological polar surface area (TPSA) is 72.2 Å². The standard InChI is InChI=1S/C13H11Cl3N2O2S/c1-7-2-3-12(11(17)4-7)18-21(19,20)13-6-9(15)8(14)5-10(13)16/h2-6,18H,17H2,1H3. The van der Waals surface area contributed by atoms with Crippen molar-refractivity contribution in [1.29, 1.82) is 0 Å². The maximum Gasteiger partial charge on any atom is 0.263 e. The van der Waals surface area contributed by atoms with Crippen LogP contribution in [0.2, 0.25) is 15.1 Å². The third-order valence-electron chi connectivity index (χ3n) is 2.72. The maximum atomic E-state index is 12.4. The lowest BCUT2D eigenvalue weighted by molar-refractivity contribution is 0.601. The molecule has 0 atom stereocenters. The van der Waals surface area contributed by atoms with Crippen LogP contribution in [0, 0.1) is 6.92 Å². The predicted octanol–water partition coefficient (Wildman–Crippen LogP) is 4.34. The number of sulfonamides is 1. The molecule has 0 aliphatic rings. The molecule has 112 valence electrons. The molecule has 8 heteroatoms. The van der Waals surface area contributed by atoms with Crippen LogP contribution in [0.25, 0.3) is 0 Å². The van der Waals surface area contributed by atoms with Crippen molar-refractivity contribution in [3.63, 3.8) is 0 Å². The Morgan fingerprint density at radius 2 is 1.62 bits per heavy atom. The van der Waals surface area contributed by atoms with Crippen molar-refractivity contribution in [1.82, 2.24) is 0 Å². The van der Waals surface area contributed by atoms with Crippen molar-refractivity contribution in [2.75, 3.05) is 10.5 Å². The molecule has 4 nitrogen and oxygen atoms in total. The van der Waals surface area contributed by atoms with Gasteiger partial charge in [0.25, 0.3) is 10.0 Å². The van der Waals surface area contributed by atoms with Crippen molar-refractivity contribution in [2.24, 2.45) is 0 Å². The molecular formula is C13H11Cl3N2O2S. The van der Waals surface area contributed by atoms with Gasteiger partial charge in [0.05, 0.1) is 26.4 Å². The SMILES string of the molecule is Cc1ccc(NS(=O)(=O)c2cc(Cl)c(Cl)cc2Cl)c(N)c1. The highest BCUT2D eigenvalue weighted by Gasteiger charge is 2.21. The zero-order valence-electron chi connectivity index (χ0n) is 10.8. The average molecular weight is 366 g/mol. The number of hydrogen-bond donors (Lipinski definition) is 2. The lowest BCUT2D eigenvalue weighted by Gasteiger charge is -2.12. The molecule has 0 unspecified atom stereocenters. The van der Waals surface area contributed by atoms with Crippen LogP contribution in [0.15, 0.2) is 35.2 Å². The summed E-state index contributed by atoms with van der Waals surface area (Å²) < 4.78 is 27.1. The largest absolute Gasteiger partial charge is 0.397 e. The number of nitrogens with two attached hydrogens (primary N) is 1. The Balaban J connectivity index is 2.46. The Morgan fingerprint density at radius 3 is 2.24 bits per heavy atom. The fourth-order valence-corrected chi connectivity index (χ4v) is 3.78. The molecule has 0 saturated carbocycles. The third-order valence-corrected chi connectivity index (χ3v) is 5.27. The van der Waals surface area contributed by atoms with E-state index in [1.54, 1.807) is 18.2 Å². The second-order valence-corrected chi connectivity index (χ2v) is 7.27. The van der Waals surface area contributed by atoms with E-state index in [-0.39, 0.29) is 25.7 Å². The molecule has 0 fully saturated rings. The predicted molar refractivity (Wildman–Crippen MR) is 87.9 cm³/mol. The van der Waals surface area contributed by atoms with Gasteiger partial charge in [-0.1, -0.05) is 40.9 Å². The van der Waals surface area contributed by atoms with Crippen molar-refractivity contribution in [3.05, 3.63) is 51.0 Å². The van der Waals surface area contributed by atoms with Crippen LogP contribution < -0.4 is 10.5 Å². The lowest BCUT2D eigenvalue weighted by Crippen LogP contribution is -2.14. The van der Waals surface area contributed by atoms with Crippen molar-refractivity contribution in [3.8, 4) is 0 Å². The quantitative estimate of drug-likeness (QED) is 0.628. The number of anilines is 2.